The Balaban J connectivity index is 1.08. The molecule has 3 aromatic heterocycles. The molecule has 19 heteroatoms. The molecule has 8 bridgehead atoms. The van der Waals surface area contributed by atoms with Gasteiger partial charge in [0.15, 0.2) is 5.78 Å². The number of Topliss-reactive ketones (excluding diaryl/α,β-unsaturated/α-hetero) is 1. The number of carbonyl (C=O) groups excluding carboxylic acids is 3. The number of aryl methyl sites for hydroxylation is 3. The van der Waals surface area contributed by atoms with Crippen molar-refractivity contribution in [3.63, 3.8) is 0 Å². The average molecular weight is 1050 g/mol. The van der Waals surface area contributed by atoms with E-state index in [-0.39, 0.29) is 69.1 Å². The Morgan fingerprint density at radius 1 is 0.817 bits per heavy atom. The van der Waals surface area contributed by atoms with Gasteiger partial charge in [-0.3, -0.25) is 48.9 Å². The molecule has 2 aliphatic heterocycles. The molecule has 71 heavy (non-hydrogen) atoms. The fraction of sp³-hybridized carbons (Fsp3) is 0.538. The van der Waals surface area contributed by atoms with Crippen molar-refractivity contribution in [2.45, 2.75) is 131 Å². The Kier molecular flexibility index (Phi) is 18.9. The molecule has 0 radical (unpaired) electrons. The quantitative estimate of drug-likeness (QED) is 0.0298. The number of fused-ring (bicyclic) bond motifs is 8. The number of allylic oxidation sites excluding steroid dienone is 2. The number of aromatic nitrogens is 4. The summed E-state index contributed by atoms with van der Waals surface area (Å²) in [6.07, 6.45) is 5.74. The standard InChI is InChI=1S/C52H70BrN9O9/c1-8-32-28(4)37-22-40-33(9-2)29(5)48(59-40)47(53)49-30(6)34(50(60-49)35-21-41(63)46-31(7)38(58-51(35)46)23-39(32)57-37)15-16-42(64)54-18-13-11-12-14-19-55-52(71)36(56-24-43(65)66)17-20-62(26-45(69)70)27-61(10-3)25-44(67)68/h22-23,30,34,36,56,58-59H,8-21,24-27H2,1-7H3,(H,54,64)(H,55,71)(H,65,66)(H,67,68)(H,69,70)/t30-,34-,36?/m0/s1. The molecule has 3 aromatic rings. The summed E-state index contributed by atoms with van der Waals surface area (Å²) in [4.78, 5) is 95.5. The van der Waals surface area contributed by atoms with E-state index >= 15 is 0 Å². The van der Waals surface area contributed by atoms with Gasteiger partial charge in [-0.2, -0.15) is 0 Å². The summed E-state index contributed by atoms with van der Waals surface area (Å²) in [6.45, 7) is 14.7. The first-order chi connectivity index (χ1) is 33.9. The van der Waals surface area contributed by atoms with Gasteiger partial charge < -0.3 is 35.9 Å². The molecule has 3 aliphatic rings. The lowest BCUT2D eigenvalue weighted by Gasteiger charge is -2.29. The number of likely N-dealkylation sites (N-methyl/N-ethyl adjacent to an activating group) is 1. The van der Waals surface area contributed by atoms with Crippen molar-refractivity contribution in [1.29, 1.82) is 0 Å². The molecule has 0 saturated heterocycles. The number of carboxylic acids is 3. The van der Waals surface area contributed by atoms with Crippen molar-refractivity contribution in [3.8, 4) is 0 Å². The van der Waals surface area contributed by atoms with E-state index in [1.807, 2.05) is 6.92 Å². The molecule has 18 nitrogen and oxygen atoms in total. The van der Waals surface area contributed by atoms with Crippen LogP contribution in [-0.4, -0.2) is 139 Å². The number of rotatable bonds is 26. The second kappa shape index (κ2) is 24.6. The summed E-state index contributed by atoms with van der Waals surface area (Å²) in [5, 5.41) is 36.6. The van der Waals surface area contributed by atoms with Crippen LogP contribution in [0.3, 0.4) is 0 Å². The number of aliphatic carboxylic acids is 3. The topological polar surface area (TPSA) is 263 Å². The van der Waals surface area contributed by atoms with E-state index in [1.165, 1.54) is 16.0 Å². The van der Waals surface area contributed by atoms with Crippen molar-refractivity contribution in [2.75, 3.05) is 52.5 Å². The lowest BCUT2D eigenvalue weighted by atomic mass is 9.85. The van der Waals surface area contributed by atoms with Crippen LogP contribution < -0.4 is 16.0 Å². The second-order valence-electron chi connectivity index (χ2n) is 18.9. The number of hydrogen-bond acceptors (Lipinski definition) is 11. The molecule has 384 valence electrons. The summed E-state index contributed by atoms with van der Waals surface area (Å²) < 4.78 is 0.862. The Morgan fingerprint density at radius 2 is 1.48 bits per heavy atom. The highest BCUT2D eigenvalue weighted by Gasteiger charge is 2.37. The van der Waals surface area contributed by atoms with Crippen molar-refractivity contribution in [3.05, 3.63) is 67.2 Å². The Hall–Kier alpha value is -5.76. The van der Waals surface area contributed by atoms with E-state index in [4.69, 9.17) is 9.97 Å². The van der Waals surface area contributed by atoms with Crippen LogP contribution in [0.15, 0.2) is 16.6 Å². The average Bonchev–Trinajstić information content (AvgIpc) is 4.09. The largest absolute Gasteiger partial charge is 0.480 e. The first-order valence-electron chi connectivity index (χ1n) is 24.9. The van der Waals surface area contributed by atoms with Crippen LogP contribution in [0.5, 0.6) is 0 Å². The van der Waals surface area contributed by atoms with Gasteiger partial charge in [0.2, 0.25) is 11.8 Å². The first kappa shape index (κ1) is 54.6. The van der Waals surface area contributed by atoms with Crippen molar-refractivity contribution < 1.29 is 44.1 Å². The zero-order chi connectivity index (χ0) is 51.7. The smallest absolute Gasteiger partial charge is 0.317 e. The van der Waals surface area contributed by atoms with Gasteiger partial charge in [0.05, 0.1) is 70.6 Å². The number of aromatic amines is 2. The molecule has 0 fully saturated rings. The molecule has 0 aromatic carbocycles. The number of carboxylic acid groups (broad SMARTS) is 3. The third-order valence-corrected chi connectivity index (χ3v) is 15.0. The van der Waals surface area contributed by atoms with Crippen LogP contribution in [0.4, 0.5) is 0 Å². The Labute approximate surface area is 423 Å². The fourth-order valence-corrected chi connectivity index (χ4v) is 11.1. The highest BCUT2D eigenvalue weighted by molar-refractivity contribution is 9.10. The van der Waals surface area contributed by atoms with Crippen molar-refractivity contribution >= 4 is 84.6 Å². The molecule has 1 unspecified atom stereocenters. The van der Waals surface area contributed by atoms with Gasteiger partial charge in [-0.05, 0) is 122 Å². The molecular formula is C52H70BrN9O9. The number of nitrogens with zero attached hydrogens (tertiary/aromatic N) is 4. The molecule has 6 rings (SSSR count). The number of hydrogen-bond donors (Lipinski definition) is 8. The minimum atomic E-state index is -1.15. The Morgan fingerprint density at radius 3 is 2.13 bits per heavy atom. The third-order valence-electron chi connectivity index (χ3n) is 14.2. The summed E-state index contributed by atoms with van der Waals surface area (Å²) in [7, 11) is 0. The number of halogens is 1. The number of nitrogens with one attached hydrogen (secondary N) is 5. The van der Waals surface area contributed by atoms with E-state index < -0.39 is 36.4 Å². The summed E-state index contributed by atoms with van der Waals surface area (Å²) in [6, 6.07) is 3.31. The molecule has 3 atom stereocenters. The molecule has 0 saturated carbocycles. The predicted octanol–water partition coefficient (Wildman–Crippen LogP) is 6.98. The predicted molar refractivity (Wildman–Crippen MR) is 276 cm³/mol. The number of unbranched alkanes of at least 4 members (excludes halogenated alkanes) is 3. The zero-order valence-corrected chi connectivity index (χ0v) is 43.7. The maximum absolute atomic E-state index is 13.8. The summed E-state index contributed by atoms with van der Waals surface area (Å²) in [5.74, 6) is -3.94. The minimum absolute atomic E-state index is 0.0500. The second-order valence-corrected chi connectivity index (χ2v) is 19.7. The third kappa shape index (κ3) is 13.0. The van der Waals surface area contributed by atoms with Gasteiger partial charge in [-0.1, -0.05) is 40.5 Å². The van der Waals surface area contributed by atoms with E-state index in [1.54, 1.807) is 11.8 Å². The van der Waals surface area contributed by atoms with E-state index in [0.29, 0.717) is 38.0 Å². The van der Waals surface area contributed by atoms with Crippen LogP contribution in [0, 0.1) is 13.8 Å². The number of H-pyrrole nitrogens is 2. The highest BCUT2D eigenvalue weighted by Crippen LogP contribution is 2.47. The number of carbonyl (C=O) groups is 6. The first-order valence-corrected chi connectivity index (χ1v) is 25.7. The van der Waals surface area contributed by atoms with Crippen LogP contribution in [0.1, 0.15) is 153 Å². The van der Waals surface area contributed by atoms with Crippen LogP contribution in [-0.2, 0) is 36.8 Å². The van der Waals surface area contributed by atoms with E-state index in [0.717, 1.165) is 104 Å². The lowest BCUT2D eigenvalue weighted by Crippen LogP contribution is -2.49. The van der Waals surface area contributed by atoms with Crippen LogP contribution >= 0.6 is 15.9 Å². The van der Waals surface area contributed by atoms with Crippen LogP contribution in [0.2, 0.25) is 0 Å². The van der Waals surface area contributed by atoms with E-state index in [2.05, 4.69) is 88.6 Å². The summed E-state index contributed by atoms with van der Waals surface area (Å²) >= 11 is 4.00. The fourth-order valence-electron chi connectivity index (χ4n) is 10.3. The molecule has 5 heterocycles. The van der Waals surface area contributed by atoms with Gasteiger partial charge in [0, 0.05) is 66.5 Å². The zero-order valence-electron chi connectivity index (χ0n) is 42.1. The molecule has 8 N–H and O–H groups in total. The van der Waals surface area contributed by atoms with Gasteiger partial charge in [-0.25, -0.2) is 4.98 Å². The number of ketones is 1. The molecule has 0 spiro atoms. The van der Waals surface area contributed by atoms with Gasteiger partial charge >= 0.3 is 17.9 Å². The maximum atomic E-state index is 13.8. The highest BCUT2D eigenvalue weighted by atomic mass is 79.9. The normalized spacial score (nSPS) is 15.8. The Bertz CT molecular complexity index is 2740. The van der Waals surface area contributed by atoms with Crippen LogP contribution in [0.25, 0.3) is 33.2 Å². The molecule has 2 amide bonds. The lowest BCUT2D eigenvalue weighted by molar-refractivity contribution is -0.140. The van der Waals surface area contributed by atoms with Crippen molar-refractivity contribution in [2.24, 2.45) is 0 Å². The summed E-state index contributed by atoms with van der Waals surface area (Å²) in [5.41, 5.74) is 14.2. The number of amides is 2. The van der Waals surface area contributed by atoms with Gasteiger partial charge in [-0.15, -0.1) is 0 Å². The molecule has 1 aliphatic carbocycles. The van der Waals surface area contributed by atoms with Gasteiger partial charge in [0.1, 0.15) is 0 Å². The maximum Gasteiger partial charge on any atom is 0.317 e. The van der Waals surface area contributed by atoms with Crippen molar-refractivity contribution in [1.82, 2.24) is 45.7 Å². The molecular weight excluding hydrogens is 975 g/mol. The monoisotopic (exact) mass is 1040 g/mol. The van der Waals surface area contributed by atoms with Gasteiger partial charge in [0.25, 0.3) is 0 Å². The minimum Gasteiger partial charge on any atom is -0.480 e. The SMILES string of the molecule is CCC1=C(C)c2cc3[nH]c(c(C)c3CC)c(Br)c3nc(c4c5[nH]c(cc1n2)c(C)c5C(=O)C4)[C@@H](CCC(=O)NCCCCCCNC(=O)C(CCN(CC(=O)O)CN(CC)CC(=O)O)NCC(=O)O)[C@@H]3C. The van der Waals surface area contributed by atoms with E-state index in [9.17, 15) is 44.1 Å².